The highest BCUT2D eigenvalue weighted by molar-refractivity contribution is 6.00. The number of nitrogens with one attached hydrogen (secondary N) is 2. The second kappa shape index (κ2) is 10.8. The Bertz CT molecular complexity index is 1440. The fourth-order valence-electron chi connectivity index (χ4n) is 6.18. The number of nitrogens with zero attached hydrogens (tertiary/aromatic N) is 4. The van der Waals surface area contributed by atoms with Gasteiger partial charge in [0.05, 0.1) is 29.1 Å². The van der Waals surface area contributed by atoms with E-state index in [9.17, 15) is 27.6 Å². The fourth-order valence-corrected chi connectivity index (χ4v) is 6.18. The molecule has 1 saturated heterocycles. The molecular formula is C30H38F3N7O3. The van der Waals surface area contributed by atoms with Gasteiger partial charge in [-0.1, -0.05) is 0 Å². The second-order valence-corrected chi connectivity index (χ2v) is 13.0. The average molecular weight is 602 g/mol. The molecule has 13 heteroatoms. The van der Waals surface area contributed by atoms with E-state index in [4.69, 9.17) is 5.73 Å². The van der Waals surface area contributed by atoms with Crippen molar-refractivity contribution in [2.24, 2.45) is 11.7 Å². The lowest BCUT2D eigenvalue weighted by Gasteiger charge is -2.42. The van der Waals surface area contributed by atoms with Crippen molar-refractivity contribution in [1.82, 2.24) is 24.9 Å². The molecule has 2 aliphatic heterocycles. The maximum Gasteiger partial charge on any atom is 0.435 e. The first-order chi connectivity index (χ1) is 20.3. The fraction of sp³-hybridized carbons (Fsp3) is 0.600. The first-order valence-electron chi connectivity index (χ1n) is 15.0. The molecule has 3 amide bonds. The van der Waals surface area contributed by atoms with Crippen molar-refractivity contribution in [3.05, 3.63) is 40.7 Å². The number of rotatable bonds is 9. The topological polar surface area (TPSA) is 126 Å². The summed E-state index contributed by atoms with van der Waals surface area (Å²) in [5.74, 6) is -0.966. The Labute approximate surface area is 248 Å². The maximum absolute atomic E-state index is 14.3. The van der Waals surface area contributed by atoms with Crippen LogP contribution in [0.3, 0.4) is 0 Å². The maximum atomic E-state index is 14.3. The van der Waals surface area contributed by atoms with Crippen LogP contribution in [0.25, 0.3) is 5.69 Å². The van der Waals surface area contributed by atoms with E-state index in [1.807, 2.05) is 18.7 Å². The summed E-state index contributed by atoms with van der Waals surface area (Å²) < 4.78 is 44.0. The predicted molar refractivity (Wildman–Crippen MR) is 153 cm³/mol. The molecule has 2 aromatic rings. The summed E-state index contributed by atoms with van der Waals surface area (Å²) >= 11 is 0. The molecule has 4 aliphatic rings. The van der Waals surface area contributed by atoms with Gasteiger partial charge in [-0.2, -0.15) is 18.3 Å². The number of hydrogen-bond acceptors (Lipinski definition) is 6. The van der Waals surface area contributed by atoms with Crippen molar-refractivity contribution >= 4 is 23.4 Å². The highest BCUT2D eigenvalue weighted by Crippen LogP contribution is 2.42. The number of aromatic nitrogens is 2. The number of carbonyl (C=O) groups excluding carboxylic acids is 3. The van der Waals surface area contributed by atoms with Gasteiger partial charge in [0, 0.05) is 49.4 Å². The molecule has 0 radical (unpaired) electrons. The zero-order chi connectivity index (χ0) is 30.7. The van der Waals surface area contributed by atoms with Crippen LogP contribution in [0.4, 0.5) is 18.9 Å². The summed E-state index contributed by atoms with van der Waals surface area (Å²) in [5.41, 5.74) is 4.39. The molecule has 0 spiro atoms. The standard InChI is InChI=1S/C30H38F3N7O3/c1-29(2)14-23-25(28(43)39(29)16-17-3-4-17)26(30(31,32)33)37-40(23)20-7-8-21(27(34)42)22(13-20)36-19-9-11-38(12-10-19)24(41)15-35-18-5-6-18/h7-8,13,17-19,35-36H,3-6,9-12,14-16H2,1-2H3,(H2,34,42). The number of alkyl halides is 3. The molecule has 2 saturated carbocycles. The van der Waals surface area contributed by atoms with Crippen LogP contribution in [0.2, 0.25) is 0 Å². The van der Waals surface area contributed by atoms with E-state index >= 15 is 0 Å². The second-order valence-electron chi connectivity index (χ2n) is 13.0. The Hall–Kier alpha value is -3.61. The van der Waals surface area contributed by atoms with Gasteiger partial charge >= 0.3 is 6.18 Å². The lowest BCUT2D eigenvalue weighted by molar-refractivity contribution is -0.141. The Balaban J connectivity index is 1.28. The summed E-state index contributed by atoms with van der Waals surface area (Å²) in [6.07, 6.45) is 0.760. The summed E-state index contributed by atoms with van der Waals surface area (Å²) in [4.78, 5) is 41.8. The van der Waals surface area contributed by atoms with Gasteiger partial charge in [0.2, 0.25) is 5.91 Å². The van der Waals surface area contributed by atoms with Crippen molar-refractivity contribution in [2.75, 3.05) is 31.5 Å². The molecule has 1 aromatic heterocycles. The third-order valence-corrected chi connectivity index (χ3v) is 9.02. The van der Waals surface area contributed by atoms with Gasteiger partial charge in [-0.15, -0.1) is 0 Å². The molecule has 3 fully saturated rings. The molecule has 6 rings (SSSR count). The van der Waals surface area contributed by atoms with Crippen LogP contribution in [0.5, 0.6) is 0 Å². The van der Waals surface area contributed by atoms with Crippen LogP contribution in [0.15, 0.2) is 18.2 Å². The Morgan fingerprint density at radius 3 is 2.37 bits per heavy atom. The third-order valence-electron chi connectivity index (χ3n) is 9.02. The minimum atomic E-state index is -4.83. The smallest absolute Gasteiger partial charge is 0.381 e. The first-order valence-corrected chi connectivity index (χ1v) is 15.0. The van der Waals surface area contributed by atoms with Gasteiger partial charge in [0.15, 0.2) is 5.69 Å². The van der Waals surface area contributed by atoms with Crippen LogP contribution >= 0.6 is 0 Å². The number of anilines is 1. The minimum Gasteiger partial charge on any atom is -0.381 e. The number of hydrogen-bond donors (Lipinski definition) is 3. The zero-order valence-corrected chi connectivity index (χ0v) is 24.5. The molecule has 43 heavy (non-hydrogen) atoms. The molecule has 2 aliphatic carbocycles. The van der Waals surface area contributed by atoms with E-state index in [1.54, 1.807) is 11.0 Å². The lowest BCUT2D eigenvalue weighted by Crippen LogP contribution is -2.54. The van der Waals surface area contributed by atoms with Gasteiger partial charge in [-0.3, -0.25) is 14.4 Å². The van der Waals surface area contributed by atoms with Crippen molar-refractivity contribution in [3.63, 3.8) is 0 Å². The van der Waals surface area contributed by atoms with Gasteiger partial charge in [0.1, 0.15) is 0 Å². The number of likely N-dealkylation sites (tertiary alicyclic amines) is 1. The zero-order valence-electron chi connectivity index (χ0n) is 24.5. The van der Waals surface area contributed by atoms with E-state index in [0.29, 0.717) is 56.7 Å². The summed E-state index contributed by atoms with van der Waals surface area (Å²) in [7, 11) is 0. The van der Waals surface area contributed by atoms with Crippen molar-refractivity contribution < 1.29 is 27.6 Å². The summed E-state index contributed by atoms with van der Waals surface area (Å²) in [5, 5.41) is 10.5. The van der Waals surface area contributed by atoms with Crippen molar-refractivity contribution in [1.29, 1.82) is 0 Å². The first kappa shape index (κ1) is 29.5. The summed E-state index contributed by atoms with van der Waals surface area (Å²) in [6.45, 7) is 5.57. The average Bonchev–Trinajstić information content (AvgIpc) is 3.87. The monoisotopic (exact) mass is 601 g/mol. The number of benzene rings is 1. The van der Waals surface area contributed by atoms with E-state index in [2.05, 4.69) is 15.7 Å². The molecule has 0 unspecified atom stereocenters. The summed E-state index contributed by atoms with van der Waals surface area (Å²) in [6, 6.07) is 4.90. The Morgan fingerprint density at radius 2 is 1.77 bits per heavy atom. The molecule has 0 bridgehead atoms. The van der Waals surface area contributed by atoms with Crippen LogP contribution in [-0.2, 0) is 17.4 Å². The minimum absolute atomic E-state index is 0.0577. The van der Waals surface area contributed by atoms with E-state index in [1.165, 1.54) is 16.8 Å². The van der Waals surface area contributed by atoms with Crippen LogP contribution in [-0.4, -0.2) is 81.1 Å². The number of carbonyl (C=O) groups is 3. The predicted octanol–water partition coefficient (Wildman–Crippen LogP) is 3.33. The normalized spacial score (nSPS) is 20.7. The van der Waals surface area contributed by atoms with E-state index in [-0.39, 0.29) is 35.3 Å². The SMILES string of the molecule is CC1(C)Cc2c(c(C(F)(F)F)nn2-c2ccc(C(N)=O)c(NC3CCN(C(=O)CNC4CC4)CC3)c2)C(=O)N1CC1CC1. The highest BCUT2D eigenvalue weighted by atomic mass is 19.4. The van der Waals surface area contributed by atoms with Crippen molar-refractivity contribution in [2.45, 2.75) is 82.6 Å². The number of amides is 3. The Morgan fingerprint density at radius 1 is 1.07 bits per heavy atom. The van der Waals surface area contributed by atoms with Gasteiger partial charge in [-0.05, 0) is 76.5 Å². The molecule has 10 nitrogen and oxygen atoms in total. The largest absolute Gasteiger partial charge is 0.435 e. The molecule has 0 atom stereocenters. The van der Waals surface area contributed by atoms with E-state index < -0.39 is 34.8 Å². The van der Waals surface area contributed by atoms with Crippen LogP contribution in [0, 0.1) is 5.92 Å². The molecule has 232 valence electrons. The number of primary amides is 1. The number of halogens is 3. The van der Waals surface area contributed by atoms with Crippen LogP contribution in [0.1, 0.15) is 84.5 Å². The van der Waals surface area contributed by atoms with Gasteiger partial charge in [0.25, 0.3) is 11.8 Å². The van der Waals surface area contributed by atoms with Gasteiger partial charge in [-0.25, -0.2) is 4.68 Å². The molecule has 4 N–H and O–H groups in total. The molecular weight excluding hydrogens is 563 g/mol. The van der Waals surface area contributed by atoms with Crippen molar-refractivity contribution in [3.8, 4) is 5.69 Å². The third kappa shape index (κ3) is 6.09. The lowest BCUT2D eigenvalue weighted by atomic mass is 9.87. The quantitative estimate of drug-likeness (QED) is 0.405. The van der Waals surface area contributed by atoms with E-state index in [0.717, 1.165) is 25.7 Å². The number of nitrogens with two attached hydrogens (primary N) is 1. The van der Waals surface area contributed by atoms with Gasteiger partial charge < -0.3 is 26.2 Å². The van der Waals surface area contributed by atoms with Crippen LogP contribution < -0.4 is 16.4 Å². The number of fused-ring (bicyclic) bond motifs is 1. The number of piperidine rings is 1. The molecule has 3 heterocycles. The molecule has 1 aromatic carbocycles. The highest BCUT2D eigenvalue weighted by Gasteiger charge is 2.49. The Kier molecular flexibility index (Phi) is 7.42.